The van der Waals surface area contributed by atoms with E-state index in [4.69, 9.17) is 14.2 Å². The van der Waals surface area contributed by atoms with Crippen molar-refractivity contribution < 1.29 is 19.0 Å². The number of methoxy groups -OCH3 is 1. The first-order valence-corrected chi connectivity index (χ1v) is 9.26. The zero-order chi connectivity index (χ0) is 19.1. The maximum Gasteiger partial charge on any atom is 0.343 e. The Morgan fingerprint density at radius 1 is 0.889 bits per heavy atom. The molecule has 0 heterocycles. The Kier molecular flexibility index (Phi) is 6.63. The van der Waals surface area contributed by atoms with Gasteiger partial charge in [-0.25, -0.2) is 4.79 Å². The van der Waals surface area contributed by atoms with Crippen molar-refractivity contribution >= 4 is 21.9 Å². The van der Waals surface area contributed by atoms with Gasteiger partial charge >= 0.3 is 5.97 Å². The molecule has 0 aliphatic rings. The van der Waals surface area contributed by atoms with E-state index >= 15 is 0 Å². The molecule has 3 aromatic carbocycles. The summed E-state index contributed by atoms with van der Waals surface area (Å²) in [6.07, 6.45) is 0. The van der Waals surface area contributed by atoms with Gasteiger partial charge in [0, 0.05) is 12.7 Å². The Morgan fingerprint density at radius 3 is 2.37 bits per heavy atom. The molecule has 0 aliphatic heterocycles. The molecule has 0 bridgehead atoms. The third-order valence-corrected chi connectivity index (χ3v) is 4.51. The molecule has 0 saturated heterocycles. The molecule has 0 amide bonds. The lowest BCUT2D eigenvalue weighted by molar-refractivity contribution is 0.0735. The molecule has 0 atom stereocenters. The first-order valence-electron chi connectivity index (χ1n) is 8.47. The van der Waals surface area contributed by atoms with Crippen LogP contribution in [0.4, 0.5) is 0 Å². The van der Waals surface area contributed by atoms with Gasteiger partial charge in [0.2, 0.25) is 0 Å². The molecule has 138 valence electrons. The second-order valence-corrected chi connectivity index (χ2v) is 6.59. The van der Waals surface area contributed by atoms with Crippen LogP contribution >= 0.6 is 15.9 Å². The Labute approximate surface area is 166 Å². The molecule has 0 spiro atoms. The van der Waals surface area contributed by atoms with Crippen LogP contribution < -0.4 is 9.47 Å². The molecule has 0 N–H and O–H groups in total. The number of halogens is 1. The fraction of sp³-hybridized carbons (Fsp3) is 0.136. The van der Waals surface area contributed by atoms with Gasteiger partial charge in [0.15, 0.2) is 0 Å². The minimum atomic E-state index is -0.428. The Balaban J connectivity index is 1.78. The van der Waals surface area contributed by atoms with E-state index < -0.39 is 5.97 Å². The van der Waals surface area contributed by atoms with Gasteiger partial charge in [-0.3, -0.25) is 0 Å². The van der Waals surface area contributed by atoms with E-state index in [9.17, 15) is 4.79 Å². The van der Waals surface area contributed by atoms with Gasteiger partial charge in [-0.1, -0.05) is 48.5 Å². The summed E-state index contributed by atoms with van der Waals surface area (Å²) in [6, 6.07) is 22.4. The normalized spacial score (nSPS) is 10.4. The van der Waals surface area contributed by atoms with Gasteiger partial charge < -0.3 is 14.2 Å². The molecular formula is C22H19BrO4. The number of esters is 1. The summed E-state index contributed by atoms with van der Waals surface area (Å²) in [7, 11) is 1.62. The van der Waals surface area contributed by atoms with Crippen LogP contribution in [-0.4, -0.2) is 26.3 Å². The van der Waals surface area contributed by atoms with Gasteiger partial charge in [0.05, 0.1) is 16.6 Å². The van der Waals surface area contributed by atoms with Crippen molar-refractivity contribution in [3.05, 3.63) is 82.8 Å². The number of carbonyl (C=O) groups is 1. The molecule has 0 unspecified atom stereocenters. The van der Waals surface area contributed by atoms with Gasteiger partial charge in [-0.2, -0.15) is 0 Å². The van der Waals surface area contributed by atoms with Crippen LogP contribution in [0.25, 0.3) is 11.1 Å². The molecule has 0 saturated carbocycles. The molecular weight excluding hydrogens is 408 g/mol. The third kappa shape index (κ3) is 4.96. The minimum absolute atomic E-state index is 0.428. The quantitative estimate of drug-likeness (QED) is 0.289. The maximum absolute atomic E-state index is 12.6. The number of carbonyl (C=O) groups excluding carboxylic acids is 1. The molecule has 5 heteroatoms. The summed E-state index contributed by atoms with van der Waals surface area (Å²) < 4.78 is 16.9. The number of ether oxygens (including phenoxy) is 3. The maximum atomic E-state index is 12.6. The first-order chi connectivity index (χ1) is 13.2. The first kappa shape index (κ1) is 19.1. The number of hydrogen-bond acceptors (Lipinski definition) is 4. The van der Waals surface area contributed by atoms with Crippen LogP contribution in [-0.2, 0) is 4.74 Å². The summed E-state index contributed by atoms with van der Waals surface area (Å²) in [4.78, 5) is 12.6. The van der Waals surface area contributed by atoms with E-state index in [2.05, 4.69) is 15.9 Å². The average molecular weight is 427 g/mol. The van der Waals surface area contributed by atoms with E-state index in [0.29, 0.717) is 34.7 Å². The monoisotopic (exact) mass is 426 g/mol. The number of rotatable bonds is 7. The van der Waals surface area contributed by atoms with Crippen LogP contribution in [0.2, 0.25) is 0 Å². The number of hydrogen-bond donors (Lipinski definition) is 0. The number of para-hydroxylation sites is 1. The Hall–Kier alpha value is -2.63. The average Bonchev–Trinajstić information content (AvgIpc) is 2.70. The number of benzene rings is 3. The summed E-state index contributed by atoms with van der Waals surface area (Å²) in [5.41, 5.74) is 2.29. The zero-order valence-corrected chi connectivity index (χ0v) is 16.4. The van der Waals surface area contributed by atoms with Crippen molar-refractivity contribution in [2.45, 2.75) is 0 Å². The second-order valence-electron chi connectivity index (χ2n) is 5.74. The minimum Gasteiger partial charge on any atom is -0.490 e. The van der Waals surface area contributed by atoms with E-state index in [1.54, 1.807) is 31.4 Å². The fourth-order valence-electron chi connectivity index (χ4n) is 2.55. The molecule has 0 radical (unpaired) electrons. The van der Waals surface area contributed by atoms with Crippen molar-refractivity contribution in [1.82, 2.24) is 0 Å². The van der Waals surface area contributed by atoms with Crippen LogP contribution in [0, 0.1) is 0 Å². The van der Waals surface area contributed by atoms with Gasteiger partial charge in [-0.05, 0) is 45.8 Å². The predicted octanol–water partition coefficient (Wildman–Crippen LogP) is 5.36. The van der Waals surface area contributed by atoms with E-state index in [1.807, 2.05) is 48.5 Å². The van der Waals surface area contributed by atoms with Crippen molar-refractivity contribution in [3.8, 4) is 22.6 Å². The lowest BCUT2D eigenvalue weighted by Crippen LogP contribution is -2.10. The van der Waals surface area contributed by atoms with Crippen molar-refractivity contribution in [1.29, 1.82) is 0 Å². The summed E-state index contributed by atoms with van der Waals surface area (Å²) in [5, 5.41) is 0. The third-order valence-electron chi connectivity index (χ3n) is 3.89. The van der Waals surface area contributed by atoms with Crippen LogP contribution in [0.5, 0.6) is 11.5 Å². The summed E-state index contributed by atoms with van der Waals surface area (Å²) in [6.45, 7) is 0.926. The topological polar surface area (TPSA) is 44.8 Å². The Bertz CT molecular complexity index is 909. The molecule has 0 aromatic heterocycles. The lowest BCUT2D eigenvalue weighted by atomic mass is 10.0. The predicted molar refractivity (Wildman–Crippen MR) is 108 cm³/mol. The smallest absolute Gasteiger partial charge is 0.343 e. The van der Waals surface area contributed by atoms with Gasteiger partial charge in [0.1, 0.15) is 18.1 Å². The van der Waals surface area contributed by atoms with Crippen molar-refractivity contribution in [2.24, 2.45) is 0 Å². The van der Waals surface area contributed by atoms with Crippen molar-refractivity contribution in [2.75, 3.05) is 20.3 Å². The molecule has 3 rings (SSSR count). The van der Waals surface area contributed by atoms with Crippen LogP contribution in [0.1, 0.15) is 10.4 Å². The standard InChI is InChI=1S/C22H19BrO4/c1-25-13-14-26-21-12-11-17(15-19(21)23)22(24)27-20-10-6-5-9-18(20)16-7-3-2-4-8-16/h2-12,15H,13-14H2,1H3. The molecule has 27 heavy (non-hydrogen) atoms. The highest BCUT2D eigenvalue weighted by molar-refractivity contribution is 9.10. The Morgan fingerprint density at radius 2 is 1.63 bits per heavy atom. The van der Waals surface area contributed by atoms with Crippen molar-refractivity contribution in [3.63, 3.8) is 0 Å². The molecule has 4 nitrogen and oxygen atoms in total. The van der Waals surface area contributed by atoms with E-state index in [1.165, 1.54) is 0 Å². The molecule has 3 aromatic rings. The molecule has 0 fully saturated rings. The SMILES string of the molecule is COCCOc1ccc(C(=O)Oc2ccccc2-c2ccccc2)cc1Br. The highest BCUT2D eigenvalue weighted by Gasteiger charge is 2.14. The lowest BCUT2D eigenvalue weighted by Gasteiger charge is -2.12. The molecule has 0 aliphatic carbocycles. The second kappa shape index (κ2) is 9.35. The summed E-state index contributed by atoms with van der Waals surface area (Å²) >= 11 is 3.43. The highest BCUT2D eigenvalue weighted by Crippen LogP contribution is 2.31. The van der Waals surface area contributed by atoms with Crippen LogP contribution in [0.3, 0.4) is 0 Å². The highest BCUT2D eigenvalue weighted by atomic mass is 79.9. The zero-order valence-electron chi connectivity index (χ0n) is 14.9. The van der Waals surface area contributed by atoms with E-state index in [-0.39, 0.29) is 0 Å². The fourth-order valence-corrected chi connectivity index (χ4v) is 3.04. The summed E-state index contributed by atoms with van der Waals surface area (Å²) in [5.74, 6) is 0.737. The van der Waals surface area contributed by atoms with Gasteiger partial charge in [-0.15, -0.1) is 0 Å². The largest absolute Gasteiger partial charge is 0.490 e. The van der Waals surface area contributed by atoms with Gasteiger partial charge in [0.25, 0.3) is 0 Å². The van der Waals surface area contributed by atoms with E-state index in [0.717, 1.165) is 11.1 Å². The van der Waals surface area contributed by atoms with Crippen LogP contribution in [0.15, 0.2) is 77.3 Å².